The number of halogens is 1. The molecule has 1 saturated heterocycles. The first-order valence-corrected chi connectivity index (χ1v) is 6.06. The molecule has 1 aromatic carbocycles. The first-order chi connectivity index (χ1) is 6.79. The van der Waals surface area contributed by atoms with E-state index in [4.69, 9.17) is 0 Å². The number of hydrogen-bond donors (Lipinski definition) is 0. The van der Waals surface area contributed by atoms with Crippen LogP contribution in [0.1, 0.15) is 24.8 Å². The molecule has 2 rings (SSSR count). The highest BCUT2D eigenvalue weighted by atomic mass is 79.9. The summed E-state index contributed by atoms with van der Waals surface area (Å²) in [5, 5.41) is 0. The summed E-state index contributed by atoms with van der Waals surface area (Å²) < 4.78 is 1.20. The van der Waals surface area contributed by atoms with E-state index in [1.165, 1.54) is 36.1 Å². The van der Waals surface area contributed by atoms with E-state index < -0.39 is 0 Å². The molecule has 0 N–H and O–H groups in total. The predicted molar refractivity (Wildman–Crippen MR) is 63.6 cm³/mol. The minimum atomic E-state index is 0.743. The second-order valence-corrected chi connectivity index (χ2v) is 4.85. The Kier molecular flexibility index (Phi) is 3.24. The second kappa shape index (κ2) is 4.45. The average Bonchev–Trinajstić information content (AvgIpc) is 2.66. The summed E-state index contributed by atoms with van der Waals surface area (Å²) in [5.41, 5.74) is 1.48. The van der Waals surface area contributed by atoms with Crippen LogP contribution >= 0.6 is 15.9 Å². The van der Waals surface area contributed by atoms with Gasteiger partial charge in [0.05, 0.1) is 0 Å². The van der Waals surface area contributed by atoms with Crippen LogP contribution in [-0.4, -0.2) is 24.5 Å². The highest BCUT2D eigenvalue weighted by Crippen LogP contribution is 2.28. The predicted octanol–water partition coefficient (Wildman–Crippen LogP) is 3.26. The van der Waals surface area contributed by atoms with Crippen molar-refractivity contribution in [2.75, 3.05) is 19.6 Å². The van der Waals surface area contributed by atoms with Gasteiger partial charge in [0.1, 0.15) is 0 Å². The SMILES string of the molecule is CCN1CCC(c2cccc(Br)c2)C1. The van der Waals surface area contributed by atoms with Gasteiger partial charge in [-0.2, -0.15) is 0 Å². The smallest absolute Gasteiger partial charge is 0.0178 e. The van der Waals surface area contributed by atoms with Gasteiger partial charge >= 0.3 is 0 Å². The van der Waals surface area contributed by atoms with Crippen LogP contribution in [0.4, 0.5) is 0 Å². The standard InChI is InChI=1S/C12H16BrN/c1-2-14-7-6-11(9-14)10-4-3-5-12(13)8-10/h3-5,8,11H,2,6-7,9H2,1H3. The van der Waals surface area contributed by atoms with Gasteiger partial charge in [-0.05, 0) is 43.1 Å². The van der Waals surface area contributed by atoms with Gasteiger partial charge in [0.2, 0.25) is 0 Å². The summed E-state index contributed by atoms with van der Waals surface area (Å²) in [6, 6.07) is 8.72. The van der Waals surface area contributed by atoms with E-state index in [2.05, 4.69) is 52.0 Å². The van der Waals surface area contributed by atoms with Crippen LogP contribution < -0.4 is 0 Å². The molecule has 0 aliphatic carbocycles. The second-order valence-electron chi connectivity index (χ2n) is 3.93. The lowest BCUT2D eigenvalue weighted by Crippen LogP contribution is -2.19. The van der Waals surface area contributed by atoms with Gasteiger partial charge in [0.15, 0.2) is 0 Å². The van der Waals surface area contributed by atoms with Gasteiger partial charge in [-0.25, -0.2) is 0 Å². The fourth-order valence-corrected chi connectivity index (χ4v) is 2.57. The normalized spacial score (nSPS) is 22.9. The van der Waals surface area contributed by atoms with Crippen molar-refractivity contribution in [2.45, 2.75) is 19.3 Å². The minimum Gasteiger partial charge on any atom is -0.303 e. The minimum absolute atomic E-state index is 0.743. The van der Waals surface area contributed by atoms with E-state index in [9.17, 15) is 0 Å². The van der Waals surface area contributed by atoms with Crippen molar-refractivity contribution < 1.29 is 0 Å². The van der Waals surface area contributed by atoms with Crippen LogP contribution in [0.25, 0.3) is 0 Å². The number of likely N-dealkylation sites (tertiary alicyclic amines) is 1. The highest BCUT2D eigenvalue weighted by Gasteiger charge is 2.22. The third-order valence-corrected chi connectivity index (χ3v) is 3.53. The molecule has 1 aliphatic heterocycles. The Balaban J connectivity index is 2.09. The van der Waals surface area contributed by atoms with Crippen LogP contribution in [0, 0.1) is 0 Å². The first-order valence-electron chi connectivity index (χ1n) is 5.27. The van der Waals surface area contributed by atoms with Crippen LogP contribution in [0.5, 0.6) is 0 Å². The van der Waals surface area contributed by atoms with E-state index in [1.807, 2.05) is 0 Å². The van der Waals surface area contributed by atoms with Crippen molar-refractivity contribution in [1.82, 2.24) is 4.90 Å². The van der Waals surface area contributed by atoms with E-state index in [0.29, 0.717) is 0 Å². The summed E-state index contributed by atoms with van der Waals surface area (Å²) in [6.07, 6.45) is 1.31. The van der Waals surface area contributed by atoms with E-state index in [0.717, 1.165) is 5.92 Å². The van der Waals surface area contributed by atoms with Crippen molar-refractivity contribution in [2.24, 2.45) is 0 Å². The molecule has 0 radical (unpaired) electrons. The van der Waals surface area contributed by atoms with Crippen molar-refractivity contribution >= 4 is 15.9 Å². The van der Waals surface area contributed by atoms with Crippen molar-refractivity contribution in [3.63, 3.8) is 0 Å². The van der Waals surface area contributed by atoms with Gasteiger partial charge in [-0.1, -0.05) is 35.0 Å². The van der Waals surface area contributed by atoms with Gasteiger partial charge in [-0.15, -0.1) is 0 Å². The molecule has 0 bridgehead atoms. The Bertz CT molecular complexity index is 311. The van der Waals surface area contributed by atoms with Crippen LogP contribution in [0.15, 0.2) is 28.7 Å². The number of rotatable bonds is 2. The maximum Gasteiger partial charge on any atom is 0.0178 e. The van der Waals surface area contributed by atoms with E-state index in [-0.39, 0.29) is 0 Å². The first kappa shape index (κ1) is 10.2. The summed E-state index contributed by atoms with van der Waals surface area (Å²) >= 11 is 3.53. The third kappa shape index (κ3) is 2.18. The Labute approximate surface area is 94.2 Å². The molecule has 0 amide bonds. The monoisotopic (exact) mass is 253 g/mol. The molecule has 1 nitrogen and oxygen atoms in total. The van der Waals surface area contributed by atoms with Crippen molar-refractivity contribution in [3.05, 3.63) is 34.3 Å². The number of likely N-dealkylation sites (N-methyl/N-ethyl adjacent to an activating group) is 1. The quantitative estimate of drug-likeness (QED) is 0.783. The molecule has 0 spiro atoms. The molecule has 0 aromatic heterocycles. The molecule has 1 aromatic rings. The molecule has 1 heterocycles. The summed E-state index contributed by atoms with van der Waals surface area (Å²) in [5.74, 6) is 0.743. The molecule has 1 unspecified atom stereocenters. The topological polar surface area (TPSA) is 3.24 Å². The summed E-state index contributed by atoms with van der Waals surface area (Å²) in [6.45, 7) is 5.91. The van der Waals surface area contributed by atoms with Crippen molar-refractivity contribution in [1.29, 1.82) is 0 Å². The zero-order valence-corrected chi connectivity index (χ0v) is 10.1. The molecule has 76 valence electrons. The maximum absolute atomic E-state index is 3.53. The van der Waals surface area contributed by atoms with Gasteiger partial charge in [0, 0.05) is 11.0 Å². The third-order valence-electron chi connectivity index (χ3n) is 3.04. The summed E-state index contributed by atoms with van der Waals surface area (Å²) in [7, 11) is 0. The molecular formula is C12H16BrN. The van der Waals surface area contributed by atoms with Gasteiger partial charge in [-0.3, -0.25) is 0 Å². The molecule has 2 heteroatoms. The molecule has 1 atom stereocenters. The average molecular weight is 254 g/mol. The van der Waals surface area contributed by atoms with E-state index in [1.54, 1.807) is 0 Å². The largest absolute Gasteiger partial charge is 0.303 e. The van der Waals surface area contributed by atoms with Crippen molar-refractivity contribution in [3.8, 4) is 0 Å². The van der Waals surface area contributed by atoms with Crippen LogP contribution in [0.3, 0.4) is 0 Å². The number of hydrogen-bond acceptors (Lipinski definition) is 1. The molecule has 0 saturated carbocycles. The zero-order valence-electron chi connectivity index (χ0n) is 8.54. The lowest BCUT2D eigenvalue weighted by molar-refractivity contribution is 0.354. The van der Waals surface area contributed by atoms with E-state index >= 15 is 0 Å². The fourth-order valence-electron chi connectivity index (χ4n) is 2.15. The fraction of sp³-hybridized carbons (Fsp3) is 0.500. The Hall–Kier alpha value is -0.340. The lowest BCUT2D eigenvalue weighted by atomic mass is 9.99. The van der Waals surface area contributed by atoms with Crippen LogP contribution in [0.2, 0.25) is 0 Å². The zero-order chi connectivity index (χ0) is 9.97. The van der Waals surface area contributed by atoms with Gasteiger partial charge < -0.3 is 4.90 Å². The lowest BCUT2D eigenvalue weighted by Gasteiger charge is -2.13. The number of benzene rings is 1. The Morgan fingerprint density at radius 3 is 3.00 bits per heavy atom. The highest BCUT2D eigenvalue weighted by molar-refractivity contribution is 9.10. The molecular weight excluding hydrogens is 238 g/mol. The Morgan fingerprint density at radius 2 is 2.36 bits per heavy atom. The molecule has 1 aliphatic rings. The molecule has 14 heavy (non-hydrogen) atoms. The number of nitrogens with zero attached hydrogens (tertiary/aromatic N) is 1. The van der Waals surface area contributed by atoms with Crippen LogP contribution in [-0.2, 0) is 0 Å². The Morgan fingerprint density at radius 1 is 1.50 bits per heavy atom. The summed E-state index contributed by atoms with van der Waals surface area (Å²) in [4.78, 5) is 2.52. The maximum atomic E-state index is 3.53. The van der Waals surface area contributed by atoms with Gasteiger partial charge in [0.25, 0.3) is 0 Å². The molecule has 1 fully saturated rings.